The number of benzene rings is 1. The lowest BCUT2D eigenvalue weighted by Gasteiger charge is -2.24. The van der Waals surface area contributed by atoms with E-state index >= 15 is 0 Å². The molecule has 1 aliphatic rings. The standard InChI is InChI=1S/C19H20FN3O2/c1-13(24)21-11-14-4-9-17(22-12-14)18-3-2-10-23(18)19(25)15-5-7-16(20)8-6-15/h4-9,12,18H,2-3,10-11H2,1H3,(H,21,24)/t18-/m0/s1. The fourth-order valence-corrected chi connectivity index (χ4v) is 3.04. The van der Waals surface area contributed by atoms with Crippen LogP contribution in [0.2, 0.25) is 0 Å². The van der Waals surface area contributed by atoms with Gasteiger partial charge in [-0.2, -0.15) is 0 Å². The lowest BCUT2D eigenvalue weighted by Crippen LogP contribution is -2.31. The highest BCUT2D eigenvalue weighted by Gasteiger charge is 2.31. The molecule has 0 unspecified atom stereocenters. The Morgan fingerprint density at radius 2 is 2.00 bits per heavy atom. The Labute approximate surface area is 145 Å². The molecular formula is C19H20FN3O2. The molecule has 1 atom stereocenters. The second-order valence-corrected chi connectivity index (χ2v) is 6.16. The van der Waals surface area contributed by atoms with E-state index in [1.54, 1.807) is 11.1 Å². The summed E-state index contributed by atoms with van der Waals surface area (Å²) in [7, 11) is 0. The van der Waals surface area contributed by atoms with Crippen molar-refractivity contribution in [2.24, 2.45) is 0 Å². The van der Waals surface area contributed by atoms with E-state index in [4.69, 9.17) is 0 Å². The number of amides is 2. The topological polar surface area (TPSA) is 62.3 Å². The highest BCUT2D eigenvalue weighted by molar-refractivity contribution is 5.94. The van der Waals surface area contributed by atoms with E-state index in [-0.39, 0.29) is 23.7 Å². The zero-order valence-corrected chi connectivity index (χ0v) is 14.0. The van der Waals surface area contributed by atoms with Crippen molar-refractivity contribution in [3.05, 3.63) is 65.2 Å². The van der Waals surface area contributed by atoms with Crippen LogP contribution in [0.3, 0.4) is 0 Å². The number of carbonyl (C=O) groups excluding carboxylic acids is 2. The monoisotopic (exact) mass is 341 g/mol. The highest BCUT2D eigenvalue weighted by atomic mass is 19.1. The third-order valence-corrected chi connectivity index (χ3v) is 4.34. The van der Waals surface area contributed by atoms with Crippen molar-refractivity contribution in [3.8, 4) is 0 Å². The second-order valence-electron chi connectivity index (χ2n) is 6.16. The lowest BCUT2D eigenvalue weighted by atomic mass is 10.1. The number of hydrogen-bond donors (Lipinski definition) is 1. The van der Waals surface area contributed by atoms with Crippen molar-refractivity contribution >= 4 is 11.8 Å². The van der Waals surface area contributed by atoms with Crippen LogP contribution in [0.15, 0.2) is 42.6 Å². The van der Waals surface area contributed by atoms with Gasteiger partial charge in [0, 0.05) is 31.8 Å². The third kappa shape index (κ3) is 4.02. The molecule has 0 radical (unpaired) electrons. The van der Waals surface area contributed by atoms with Crippen LogP contribution < -0.4 is 5.32 Å². The van der Waals surface area contributed by atoms with Gasteiger partial charge in [-0.25, -0.2) is 4.39 Å². The number of rotatable bonds is 4. The first kappa shape index (κ1) is 17.1. The average Bonchev–Trinajstić information content (AvgIpc) is 3.10. The average molecular weight is 341 g/mol. The molecule has 1 N–H and O–H groups in total. The van der Waals surface area contributed by atoms with E-state index in [9.17, 15) is 14.0 Å². The number of halogens is 1. The van der Waals surface area contributed by atoms with Gasteiger partial charge in [0.05, 0.1) is 11.7 Å². The van der Waals surface area contributed by atoms with Gasteiger partial charge in [0.2, 0.25) is 5.91 Å². The Kier molecular flexibility index (Phi) is 5.07. The van der Waals surface area contributed by atoms with Crippen LogP contribution in [-0.4, -0.2) is 28.2 Å². The molecule has 2 amide bonds. The van der Waals surface area contributed by atoms with Crippen LogP contribution >= 0.6 is 0 Å². The summed E-state index contributed by atoms with van der Waals surface area (Å²) in [6.07, 6.45) is 3.49. The maximum atomic E-state index is 13.1. The summed E-state index contributed by atoms with van der Waals surface area (Å²) in [5.74, 6) is -0.548. The lowest BCUT2D eigenvalue weighted by molar-refractivity contribution is -0.119. The first-order valence-corrected chi connectivity index (χ1v) is 8.30. The molecule has 1 fully saturated rings. The molecule has 2 heterocycles. The molecule has 0 aliphatic carbocycles. The van der Waals surface area contributed by atoms with Crippen LogP contribution in [0.1, 0.15) is 47.4 Å². The fourth-order valence-electron chi connectivity index (χ4n) is 3.04. The van der Waals surface area contributed by atoms with Gasteiger partial charge in [-0.15, -0.1) is 0 Å². The van der Waals surface area contributed by atoms with Crippen LogP contribution in [-0.2, 0) is 11.3 Å². The molecule has 3 rings (SSSR count). The molecule has 1 aromatic heterocycles. The number of nitrogens with one attached hydrogen (secondary N) is 1. The van der Waals surface area contributed by atoms with Crippen molar-refractivity contribution in [1.29, 1.82) is 0 Å². The molecule has 2 aromatic rings. The van der Waals surface area contributed by atoms with E-state index in [0.29, 0.717) is 18.7 Å². The zero-order chi connectivity index (χ0) is 17.8. The van der Waals surface area contributed by atoms with Gasteiger partial charge in [-0.1, -0.05) is 6.07 Å². The SMILES string of the molecule is CC(=O)NCc1ccc([C@@H]2CCCN2C(=O)c2ccc(F)cc2)nc1. The molecule has 1 aromatic carbocycles. The van der Waals surface area contributed by atoms with Crippen LogP contribution in [0.25, 0.3) is 0 Å². The first-order chi connectivity index (χ1) is 12.0. The number of nitrogens with zero attached hydrogens (tertiary/aromatic N) is 2. The Balaban J connectivity index is 1.73. The number of pyridine rings is 1. The van der Waals surface area contributed by atoms with Gasteiger partial charge in [0.15, 0.2) is 0 Å². The predicted molar refractivity (Wildman–Crippen MR) is 91.2 cm³/mol. The van der Waals surface area contributed by atoms with Gasteiger partial charge in [0.1, 0.15) is 5.82 Å². The first-order valence-electron chi connectivity index (χ1n) is 8.30. The van der Waals surface area contributed by atoms with Crippen molar-refractivity contribution in [2.45, 2.75) is 32.4 Å². The molecule has 1 saturated heterocycles. The predicted octanol–water partition coefficient (Wildman–Crippen LogP) is 2.83. The summed E-state index contributed by atoms with van der Waals surface area (Å²) in [6.45, 7) is 2.57. The molecule has 1 aliphatic heterocycles. The van der Waals surface area contributed by atoms with Gasteiger partial charge in [-0.05, 0) is 48.7 Å². The van der Waals surface area contributed by atoms with Gasteiger partial charge in [-0.3, -0.25) is 14.6 Å². The maximum Gasteiger partial charge on any atom is 0.254 e. The van der Waals surface area contributed by atoms with Gasteiger partial charge >= 0.3 is 0 Å². The van der Waals surface area contributed by atoms with Crippen LogP contribution in [0, 0.1) is 5.82 Å². The summed E-state index contributed by atoms with van der Waals surface area (Å²) < 4.78 is 13.1. The smallest absolute Gasteiger partial charge is 0.254 e. The molecule has 0 bridgehead atoms. The summed E-state index contributed by atoms with van der Waals surface area (Å²) in [4.78, 5) is 30.0. The molecule has 25 heavy (non-hydrogen) atoms. The molecule has 6 heteroatoms. The minimum absolute atomic E-state index is 0.0765. The Morgan fingerprint density at radius 3 is 2.64 bits per heavy atom. The summed E-state index contributed by atoms with van der Waals surface area (Å²) >= 11 is 0. The molecule has 0 saturated carbocycles. The minimum atomic E-state index is -0.356. The highest BCUT2D eigenvalue weighted by Crippen LogP contribution is 2.32. The van der Waals surface area contributed by atoms with E-state index in [1.165, 1.54) is 31.2 Å². The molecule has 5 nitrogen and oxygen atoms in total. The Morgan fingerprint density at radius 1 is 1.24 bits per heavy atom. The van der Waals surface area contributed by atoms with Crippen molar-refractivity contribution in [1.82, 2.24) is 15.2 Å². The molecule has 130 valence electrons. The van der Waals surface area contributed by atoms with Crippen molar-refractivity contribution < 1.29 is 14.0 Å². The Hall–Kier alpha value is -2.76. The quantitative estimate of drug-likeness (QED) is 0.930. The molecular weight excluding hydrogens is 321 g/mol. The van der Waals surface area contributed by atoms with E-state index in [2.05, 4.69) is 10.3 Å². The normalized spacial score (nSPS) is 16.7. The van der Waals surface area contributed by atoms with Crippen LogP contribution in [0.5, 0.6) is 0 Å². The van der Waals surface area contributed by atoms with Crippen LogP contribution in [0.4, 0.5) is 4.39 Å². The largest absolute Gasteiger partial charge is 0.352 e. The van der Waals surface area contributed by atoms with E-state index < -0.39 is 0 Å². The maximum absolute atomic E-state index is 13.1. The van der Waals surface area contributed by atoms with E-state index in [1.807, 2.05) is 12.1 Å². The van der Waals surface area contributed by atoms with Crippen molar-refractivity contribution in [3.63, 3.8) is 0 Å². The minimum Gasteiger partial charge on any atom is -0.352 e. The van der Waals surface area contributed by atoms with Gasteiger partial charge < -0.3 is 10.2 Å². The fraction of sp³-hybridized carbons (Fsp3) is 0.316. The van der Waals surface area contributed by atoms with E-state index in [0.717, 1.165) is 24.1 Å². The van der Waals surface area contributed by atoms with Crippen molar-refractivity contribution in [2.75, 3.05) is 6.54 Å². The molecule has 0 spiro atoms. The Bertz CT molecular complexity index is 759. The summed E-state index contributed by atoms with van der Waals surface area (Å²) in [5, 5.41) is 2.73. The number of likely N-dealkylation sites (tertiary alicyclic amines) is 1. The third-order valence-electron chi connectivity index (χ3n) is 4.34. The second kappa shape index (κ2) is 7.42. The number of carbonyl (C=O) groups is 2. The zero-order valence-electron chi connectivity index (χ0n) is 14.0. The summed E-state index contributed by atoms with van der Waals surface area (Å²) in [6, 6.07) is 9.36. The number of aromatic nitrogens is 1. The summed E-state index contributed by atoms with van der Waals surface area (Å²) in [5.41, 5.74) is 2.23. The number of hydrogen-bond acceptors (Lipinski definition) is 3. The van der Waals surface area contributed by atoms with Gasteiger partial charge in [0.25, 0.3) is 5.91 Å².